The molecule has 2 unspecified atom stereocenters. The molecule has 0 spiro atoms. The number of hydrogen-bond acceptors (Lipinski definition) is 6. The van der Waals surface area contributed by atoms with Crippen LogP contribution in [0, 0.1) is 0 Å². The second-order valence-electron chi connectivity index (χ2n) is 6.74. The van der Waals surface area contributed by atoms with Crippen molar-refractivity contribution in [2.75, 3.05) is 11.1 Å². The molecule has 1 aliphatic rings. The predicted octanol–water partition coefficient (Wildman–Crippen LogP) is 4.01. The van der Waals surface area contributed by atoms with E-state index in [-0.39, 0.29) is 27.3 Å². The highest BCUT2D eigenvalue weighted by molar-refractivity contribution is 7.87. The molecule has 12 heteroatoms. The second kappa shape index (κ2) is 7.69. The Bertz CT molecular complexity index is 1020. The van der Waals surface area contributed by atoms with Gasteiger partial charge in [0.25, 0.3) is 5.91 Å². The lowest BCUT2D eigenvalue weighted by molar-refractivity contribution is -0.141. The van der Waals surface area contributed by atoms with Gasteiger partial charge in [0.05, 0.1) is 26.4 Å². The zero-order valence-corrected chi connectivity index (χ0v) is 17.6. The first-order valence-corrected chi connectivity index (χ1v) is 10.8. The third kappa shape index (κ3) is 4.46. The SMILES string of the molecule is CC1(C)C(N)=NC(c2sc(C(=O)Nc3cccc(C(F)(F)F)n3)cc2Cl)CS1=O. The monoisotopic (exact) mass is 464 g/mol. The van der Waals surface area contributed by atoms with Gasteiger partial charge in [-0.2, -0.15) is 13.2 Å². The van der Waals surface area contributed by atoms with E-state index < -0.39 is 39.4 Å². The number of rotatable bonds is 3. The lowest BCUT2D eigenvalue weighted by atomic mass is 10.1. The highest BCUT2D eigenvalue weighted by Gasteiger charge is 2.38. The van der Waals surface area contributed by atoms with Crippen molar-refractivity contribution in [3.63, 3.8) is 0 Å². The van der Waals surface area contributed by atoms with Crippen molar-refractivity contribution in [3.05, 3.63) is 44.7 Å². The zero-order chi connectivity index (χ0) is 21.6. The summed E-state index contributed by atoms with van der Waals surface area (Å²) in [6, 6.07) is 4.03. The van der Waals surface area contributed by atoms with E-state index in [0.717, 1.165) is 23.5 Å². The number of pyridine rings is 1. The largest absolute Gasteiger partial charge is 0.433 e. The molecule has 1 aliphatic heterocycles. The van der Waals surface area contributed by atoms with Gasteiger partial charge in [0.2, 0.25) is 0 Å². The van der Waals surface area contributed by atoms with Crippen LogP contribution in [0.2, 0.25) is 5.02 Å². The summed E-state index contributed by atoms with van der Waals surface area (Å²) in [5.41, 5.74) is 4.82. The smallest absolute Gasteiger partial charge is 0.386 e. The van der Waals surface area contributed by atoms with Crippen molar-refractivity contribution in [1.29, 1.82) is 0 Å². The molecular weight excluding hydrogens is 449 g/mol. The molecule has 0 aliphatic carbocycles. The van der Waals surface area contributed by atoms with Gasteiger partial charge in [0, 0.05) is 15.7 Å². The molecule has 6 nitrogen and oxygen atoms in total. The standard InChI is InChI=1S/C17H16ClF3N4O2S2/c1-16(2)15(22)23-9(7-29(16)27)13-8(18)6-10(28-13)14(26)25-12-5-3-4-11(24-12)17(19,20)21/h3-6,9H,7H2,1-2H3,(H2,22,23)(H,24,25,26). The van der Waals surface area contributed by atoms with E-state index in [4.69, 9.17) is 17.3 Å². The first-order valence-electron chi connectivity index (χ1n) is 8.26. The van der Waals surface area contributed by atoms with Crippen molar-refractivity contribution < 1.29 is 22.2 Å². The summed E-state index contributed by atoms with van der Waals surface area (Å²) < 4.78 is 50.0. The van der Waals surface area contributed by atoms with Crippen molar-refractivity contribution in [2.24, 2.45) is 10.7 Å². The van der Waals surface area contributed by atoms with Crippen LogP contribution in [-0.2, 0) is 17.0 Å². The average Bonchev–Trinajstić information content (AvgIpc) is 3.01. The van der Waals surface area contributed by atoms with E-state index in [1.165, 1.54) is 12.1 Å². The fraction of sp³-hybridized carbons (Fsp3) is 0.353. The highest BCUT2D eigenvalue weighted by atomic mass is 35.5. The van der Waals surface area contributed by atoms with Crippen LogP contribution in [0.15, 0.2) is 29.3 Å². The van der Waals surface area contributed by atoms with Crippen LogP contribution in [0.5, 0.6) is 0 Å². The normalized spacial score (nSPS) is 21.5. The summed E-state index contributed by atoms with van der Waals surface area (Å²) in [7, 11) is -1.29. The Kier molecular flexibility index (Phi) is 5.76. The molecule has 156 valence electrons. The number of amides is 1. The minimum Gasteiger partial charge on any atom is -0.386 e. The van der Waals surface area contributed by atoms with Crippen LogP contribution in [0.4, 0.5) is 19.0 Å². The topological polar surface area (TPSA) is 97.4 Å². The van der Waals surface area contributed by atoms with Crippen molar-refractivity contribution >= 4 is 51.3 Å². The Hall–Kier alpha value is -1.98. The number of anilines is 1. The fourth-order valence-electron chi connectivity index (χ4n) is 2.53. The number of aliphatic imine (C=N–C) groups is 1. The van der Waals surface area contributed by atoms with Crippen LogP contribution in [0.25, 0.3) is 0 Å². The van der Waals surface area contributed by atoms with Crippen LogP contribution in [0.3, 0.4) is 0 Å². The Morgan fingerprint density at radius 3 is 2.72 bits per heavy atom. The average molecular weight is 465 g/mol. The number of halogens is 4. The summed E-state index contributed by atoms with van der Waals surface area (Å²) in [5.74, 6) is -0.469. The number of nitrogens with one attached hydrogen (secondary N) is 1. The Morgan fingerprint density at radius 2 is 2.10 bits per heavy atom. The number of hydrogen-bond donors (Lipinski definition) is 2. The molecule has 2 aromatic rings. The van der Waals surface area contributed by atoms with Gasteiger partial charge in [-0.25, -0.2) is 4.98 Å². The molecule has 0 radical (unpaired) electrons. The Balaban J connectivity index is 1.83. The van der Waals surface area contributed by atoms with Crippen LogP contribution in [0.1, 0.15) is 40.1 Å². The number of carbonyl (C=O) groups is 1. The van der Waals surface area contributed by atoms with E-state index in [0.29, 0.717) is 4.88 Å². The summed E-state index contributed by atoms with van der Waals surface area (Å²) in [6.07, 6.45) is -4.62. The second-order valence-corrected chi connectivity index (χ2v) is 10.3. The van der Waals surface area contributed by atoms with Crippen molar-refractivity contribution in [2.45, 2.75) is 30.8 Å². The van der Waals surface area contributed by atoms with Gasteiger partial charge in [0.1, 0.15) is 17.3 Å². The van der Waals surface area contributed by atoms with Crippen molar-refractivity contribution in [1.82, 2.24) is 4.98 Å². The molecular formula is C17H16ClF3N4O2S2. The Morgan fingerprint density at radius 1 is 1.41 bits per heavy atom. The van der Waals surface area contributed by atoms with Gasteiger partial charge < -0.3 is 11.1 Å². The van der Waals surface area contributed by atoms with Gasteiger partial charge in [-0.15, -0.1) is 11.3 Å². The van der Waals surface area contributed by atoms with Crippen LogP contribution >= 0.6 is 22.9 Å². The lowest BCUT2D eigenvalue weighted by Crippen LogP contribution is -2.47. The predicted molar refractivity (Wildman–Crippen MR) is 108 cm³/mol. The van der Waals surface area contributed by atoms with Gasteiger partial charge in [-0.1, -0.05) is 17.7 Å². The Labute approximate surface area is 175 Å². The van der Waals surface area contributed by atoms with E-state index in [9.17, 15) is 22.2 Å². The number of nitrogens with zero attached hydrogens (tertiary/aromatic N) is 2. The van der Waals surface area contributed by atoms with E-state index in [1.807, 2.05) is 0 Å². The minimum absolute atomic E-state index is 0.161. The maximum atomic E-state index is 12.8. The molecule has 3 rings (SSSR count). The number of amidine groups is 1. The molecule has 3 heterocycles. The molecule has 0 bridgehead atoms. The number of aromatic nitrogens is 1. The summed E-state index contributed by atoms with van der Waals surface area (Å²) in [5, 5.41) is 2.57. The van der Waals surface area contributed by atoms with E-state index in [2.05, 4.69) is 15.3 Å². The van der Waals surface area contributed by atoms with Crippen molar-refractivity contribution in [3.8, 4) is 0 Å². The summed E-state index contributed by atoms with van der Waals surface area (Å²) in [6.45, 7) is 3.46. The molecule has 0 aromatic carbocycles. The number of thiophene rings is 1. The van der Waals surface area contributed by atoms with Gasteiger partial charge >= 0.3 is 6.18 Å². The lowest BCUT2D eigenvalue weighted by Gasteiger charge is -2.30. The van der Waals surface area contributed by atoms with Crippen LogP contribution in [-0.4, -0.2) is 31.4 Å². The van der Waals surface area contributed by atoms with Gasteiger partial charge in [-0.3, -0.25) is 14.0 Å². The number of alkyl halides is 3. The summed E-state index contributed by atoms with van der Waals surface area (Å²) in [4.78, 5) is 20.9. The highest BCUT2D eigenvalue weighted by Crippen LogP contribution is 2.38. The molecule has 2 atom stereocenters. The van der Waals surface area contributed by atoms with Crippen LogP contribution < -0.4 is 11.1 Å². The summed E-state index contributed by atoms with van der Waals surface area (Å²) >= 11 is 7.25. The quantitative estimate of drug-likeness (QED) is 0.717. The number of carbonyl (C=O) groups excluding carboxylic acids is 1. The molecule has 2 aromatic heterocycles. The molecule has 1 amide bonds. The van der Waals surface area contributed by atoms with E-state index >= 15 is 0 Å². The zero-order valence-electron chi connectivity index (χ0n) is 15.2. The molecule has 0 saturated carbocycles. The first kappa shape index (κ1) is 21.7. The maximum Gasteiger partial charge on any atom is 0.433 e. The maximum absolute atomic E-state index is 12.8. The molecule has 0 fully saturated rings. The third-order valence-corrected chi connectivity index (χ3v) is 7.94. The van der Waals surface area contributed by atoms with E-state index in [1.54, 1.807) is 13.8 Å². The number of nitrogens with two attached hydrogens (primary N) is 1. The molecule has 0 saturated heterocycles. The minimum atomic E-state index is -4.62. The van der Waals surface area contributed by atoms with Gasteiger partial charge in [0.15, 0.2) is 0 Å². The third-order valence-electron chi connectivity index (χ3n) is 4.31. The van der Waals surface area contributed by atoms with Gasteiger partial charge in [-0.05, 0) is 32.0 Å². The molecule has 29 heavy (non-hydrogen) atoms. The fourth-order valence-corrected chi connectivity index (χ4v) is 5.26. The first-order chi connectivity index (χ1) is 13.4. The molecule has 3 N–H and O–H groups in total.